The van der Waals surface area contributed by atoms with Crippen LogP contribution in [0.1, 0.15) is 36.1 Å². The molecule has 0 saturated carbocycles. The summed E-state index contributed by atoms with van der Waals surface area (Å²) in [5.74, 6) is 0.379. The Labute approximate surface area is 146 Å². The van der Waals surface area contributed by atoms with Crippen LogP contribution in [0.4, 0.5) is 0 Å². The number of phenols is 2. The van der Waals surface area contributed by atoms with Crippen molar-refractivity contribution in [1.29, 1.82) is 0 Å². The first-order chi connectivity index (χ1) is 11.8. The SMILES string of the molecule is COc1cc(C(C)(C)c2cc(CO)c(O)c(CO)c2)cc(OC)c1O. The Morgan fingerprint density at radius 1 is 0.760 bits per heavy atom. The Balaban J connectivity index is 2.66. The van der Waals surface area contributed by atoms with Gasteiger partial charge in [0.2, 0.25) is 5.75 Å². The van der Waals surface area contributed by atoms with E-state index in [0.717, 1.165) is 11.1 Å². The van der Waals surface area contributed by atoms with Crippen LogP contribution in [0.25, 0.3) is 0 Å². The van der Waals surface area contributed by atoms with E-state index in [1.807, 2.05) is 13.8 Å². The monoisotopic (exact) mass is 348 g/mol. The van der Waals surface area contributed by atoms with E-state index < -0.39 is 5.41 Å². The minimum atomic E-state index is -0.574. The standard InChI is InChI=1S/C19H24O6/c1-19(2,13-5-11(9-20)17(22)12(6-13)10-21)14-7-15(24-3)18(23)16(8-14)25-4/h5-8,20-23H,9-10H2,1-4H3. The molecule has 6 nitrogen and oxygen atoms in total. The van der Waals surface area contributed by atoms with E-state index in [4.69, 9.17) is 9.47 Å². The third-order valence-corrected chi connectivity index (χ3v) is 4.53. The summed E-state index contributed by atoms with van der Waals surface area (Å²) in [7, 11) is 2.92. The molecule has 136 valence electrons. The lowest BCUT2D eigenvalue weighted by atomic mass is 9.76. The highest BCUT2D eigenvalue weighted by Crippen LogP contribution is 2.43. The zero-order valence-electron chi connectivity index (χ0n) is 14.8. The predicted octanol–water partition coefficient (Wildman–Crippen LogP) is 2.43. The number of methoxy groups -OCH3 is 2. The second kappa shape index (κ2) is 7.21. The van der Waals surface area contributed by atoms with Gasteiger partial charge in [-0.15, -0.1) is 0 Å². The van der Waals surface area contributed by atoms with Crippen molar-refractivity contribution in [3.63, 3.8) is 0 Å². The predicted molar refractivity (Wildman–Crippen MR) is 93.3 cm³/mol. The van der Waals surface area contributed by atoms with Crippen LogP contribution in [-0.4, -0.2) is 34.6 Å². The lowest BCUT2D eigenvalue weighted by Gasteiger charge is -2.28. The number of phenolic OH excluding ortho intramolecular Hbond substituents is 1. The van der Waals surface area contributed by atoms with Crippen molar-refractivity contribution in [1.82, 2.24) is 0 Å². The molecule has 25 heavy (non-hydrogen) atoms. The number of hydrogen-bond acceptors (Lipinski definition) is 6. The molecule has 4 N–H and O–H groups in total. The van der Waals surface area contributed by atoms with E-state index in [0.29, 0.717) is 11.1 Å². The molecule has 0 aromatic heterocycles. The molecular weight excluding hydrogens is 324 g/mol. The summed E-state index contributed by atoms with van der Waals surface area (Å²) < 4.78 is 10.4. The van der Waals surface area contributed by atoms with E-state index in [9.17, 15) is 20.4 Å². The van der Waals surface area contributed by atoms with Crippen molar-refractivity contribution >= 4 is 0 Å². The van der Waals surface area contributed by atoms with Crippen molar-refractivity contribution in [3.05, 3.63) is 46.5 Å². The first kappa shape index (κ1) is 18.9. The third kappa shape index (κ3) is 3.36. The number of rotatable bonds is 6. The summed E-state index contributed by atoms with van der Waals surface area (Å²) in [6, 6.07) is 6.81. The van der Waals surface area contributed by atoms with Gasteiger partial charge in [0.1, 0.15) is 5.75 Å². The topological polar surface area (TPSA) is 99.4 Å². The quantitative estimate of drug-likeness (QED) is 0.640. The number of aromatic hydroxyl groups is 2. The molecule has 0 aliphatic rings. The minimum absolute atomic E-state index is 0.0812. The maximum Gasteiger partial charge on any atom is 0.200 e. The highest BCUT2D eigenvalue weighted by molar-refractivity contribution is 5.57. The first-order valence-electron chi connectivity index (χ1n) is 7.82. The van der Waals surface area contributed by atoms with Crippen LogP contribution in [0.3, 0.4) is 0 Å². The number of benzene rings is 2. The second-order valence-electron chi connectivity index (χ2n) is 6.31. The molecule has 0 bridgehead atoms. The average molecular weight is 348 g/mol. The summed E-state index contributed by atoms with van der Waals surface area (Å²) in [5.41, 5.74) is 1.70. The van der Waals surface area contributed by atoms with E-state index in [-0.39, 0.29) is 36.2 Å². The van der Waals surface area contributed by atoms with Crippen LogP contribution in [-0.2, 0) is 18.6 Å². The molecular formula is C19H24O6. The van der Waals surface area contributed by atoms with Crippen molar-refractivity contribution in [2.45, 2.75) is 32.5 Å². The molecule has 6 heteroatoms. The van der Waals surface area contributed by atoms with Gasteiger partial charge < -0.3 is 29.9 Å². The maximum absolute atomic E-state index is 10.1. The molecule has 2 aromatic rings. The summed E-state index contributed by atoms with van der Waals surface area (Å²) in [4.78, 5) is 0. The van der Waals surface area contributed by atoms with Crippen LogP contribution in [0.2, 0.25) is 0 Å². The Hall–Kier alpha value is -2.44. The van der Waals surface area contributed by atoms with Gasteiger partial charge in [-0.25, -0.2) is 0 Å². The fourth-order valence-corrected chi connectivity index (χ4v) is 2.78. The van der Waals surface area contributed by atoms with Crippen LogP contribution in [0.15, 0.2) is 24.3 Å². The van der Waals surface area contributed by atoms with Crippen LogP contribution in [0.5, 0.6) is 23.0 Å². The Kier molecular flexibility index (Phi) is 5.45. The number of hydrogen-bond donors (Lipinski definition) is 4. The Morgan fingerprint density at radius 2 is 1.16 bits per heavy atom. The summed E-state index contributed by atoms with van der Waals surface area (Å²) in [6.45, 7) is 3.22. The van der Waals surface area contributed by atoms with Crippen molar-refractivity contribution in [2.75, 3.05) is 14.2 Å². The summed E-state index contributed by atoms with van der Waals surface area (Å²) in [6.07, 6.45) is 0. The molecule has 0 spiro atoms. The molecule has 0 unspecified atom stereocenters. The normalized spacial score (nSPS) is 11.4. The highest BCUT2D eigenvalue weighted by atomic mass is 16.5. The smallest absolute Gasteiger partial charge is 0.200 e. The molecule has 0 saturated heterocycles. The first-order valence-corrected chi connectivity index (χ1v) is 7.82. The van der Waals surface area contributed by atoms with Crippen molar-refractivity contribution in [3.8, 4) is 23.0 Å². The van der Waals surface area contributed by atoms with Gasteiger partial charge in [-0.2, -0.15) is 0 Å². The van der Waals surface area contributed by atoms with Gasteiger partial charge in [0, 0.05) is 16.5 Å². The fraction of sp³-hybridized carbons (Fsp3) is 0.368. The molecule has 0 aliphatic carbocycles. The summed E-state index contributed by atoms with van der Waals surface area (Å²) in [5, 5.41) is 39.1. The number of ether oxygens (including phenoxy) is 2. The van der Waals surface area contributed by atoms with Crippen LogP contribution >= 0.6 is 0 Å². The van der Waals surface area contributed by atoms with Gasteiger partial charge in [-0.1, -0.05) is 13.8 Å². The molecule has 0 atom stereocenters. The Bertz CT molecular complexity index is 653. The molecule has 2 aromatic carbocycles. The van der Waals surface area contributed by atoms with Gasteiger partial charge in [0.25, 0.3) is 0 Å². The highest BCUT2D eigenvalue weighted by Gasteiger charge is 2.28. The fourth-order valence-electron chi connectivity index (χ4n) is 2.78. The van der Waals surface area contributed by atoms with Crippen LogP contribution in [0, 0.1) is 0 Å². The molecule has 0 heterocycles. The third-order valence-electron chi connectivity index (χ3n) is 4.53. The average Bonchev–Trinajstić information content (AvgIpc) is 2.61. The second-order valence-corrected chi connectivity index (χ2v) is 6.31. The van der Waals surface area contributed by atoms with Crippen molar-refractivity contribution < 1.29 is 29.9 Å². The van der Waals surface area contributed by atoms with E-state index >= 15 is 0 Å². The molecule has 0 aliphatic heterocycles. The molecule has 0 amide bonds. The summed E-state index contributed by atoms with van der Waals surface area (Å²) >= 11 is 0. The zero-order chi connectivity index (χ0) is 18.8. The Morgan fingerprint density at radius 3 is 1.52 bits per heavy atom. The van der Waals surface area contributed by atoms with Crippen molar-refractivity contribution in [2.24, 2.45) is 0 Å². The molecule has 0 radical (unpaired) electrons. The van der Waals surface area contributed by atoms with Gasteiger partial charge in [0.15, 0.2) is 11.5 Å². The van der Waals surface area contributed by atoms with Gasteiger partial charge in [-0.3, -0.25) is 0 Å². The number of aliphatic hydroxyl groups is 2. The minimum Gasteiger partial charge on any atom is -0.507 e. The molecule has 2 rings (SSSR count). The number of aliphatic hydroxyl groups excluding tert-OH is 2. The lowest BCUT2D eigenvalue weighted by Crippen LogP contribution is -2.20. The zero-order valence-corrected chi connectivity index (χ0v) is 14.8. The van der Waals surface area contributed by atoms with Gasteiger partial charge in [0.05, 0.1) is 27.4 Å². The van der Waals surface area contributed by atoms with Gasteiger partial charge >= 0.3 is 0 Å². The van der Waals surface area contributed by atoms with Crippen LogP contribution < -0.4 is 9.47 Å². The largest absolute Gasteiger partial charge is 0.507 e. The van der Waals surface area contributed by atoms with E-state index in [1.54, 1.807) is 24.3 Å². The molecule has 0 fully saturated rings. The van der Waals surface area contributed by atoms with E-state index in [2.05, 4.69) is 0 Å². The van der Waals surface area contributed by atoms with E-state index in [1.165, 1.54) is 14.2 Å². The lowest BCUT2D eigenvalue weighted by molar-refractivity contribution is 0.263. The van der Waals surface area contributed by atoms with Gasteiger partial charge in [-0.05, 0) is 35.4 Å². The maximum atomic E-state index is 10.1.